The van der Waals surface area contributed by atoms with E-state index in [1.165, 1.54) is 11.0 Å². The number of aryl methyl sites for hydroxylation is 2. The molecular formula is C11H15BrN6O. The molecule has 2 N–H and O–H groups in total. The van der Waals surface area contributed by atoms with Gasteiger partial charge in [-0.05, 0) is 29.3 Å². The molecule has 0 saturated heterocycles. The molecule has 0 unspecified atom stereocenters. The SMILES string of the molecule is CCn1ncc(NCCCc2ncn[nH]2)c(Br)c1=O. The average Bonchev–Trinajstić information content (AvgIpc) is 2.92. The molecule has 19 heavy (non-hydrogen) atoms. The van der Waals surface area contributed by atoms with E-state index in [0.717, 1.165) is 25.2 Å². The van der Waals surface area contributed by atoms with Crippen LogP contribution in [0.1, 0.15) is 19.2 Å². The van der Waals surface area contributed by atoms with Gasteiger partial charge in [0.25, 0.3) is 5.56 Å². The standard InChI is InChI=1S/C11H15BrN6O/c1-2-18-11(19)10(12)8(6-16-18)13-5-3-4-9-14-7-15-17-9/h6-7,13H,2-5H2,1H3,(H,14,15,17). The summed E-state index contributed by atoms with van der Waals surface area (Å²) in [5, 5.41) is 13.8. The smallest absolute Gasteiger partial charge is 0.283 e. The van der Waals surface area contributed by atoms with E-state index < -0.39 is 0 Å². The Morgan fingerprint density at radius 1 is 1.53 bits per heavy atom. The van der Waals surface area contributed by atoms with Gasteiger partial charge in [0.05, 0.1) is 11.9 Å². The van der Waals surface area contributed by atoms with Crippen LogP contribution in [0.2, 0.25) is 0 Å². The second-order valence-corrected chi connectivity index (χ2v) is 4.75. The molecule has 8 heteroatoms. The number of nitrogens with zero attached hydrogens (tertiary/aromatic N) is 4. The number of anilines is 1. The Kier molecular flexibility index (Phi) is 4.67. The van der Waals surface area contributed by atoms with Crippen LogP contribution >= 0.6 is 15.9 Å². The van der Waals surface area contributed by atoms with E-state index in [1.807, 2.05) is 6.92 Å². The number of nitrogens with one attached hydrogen (secondary N) is 2. The fourth-order valence-corrected chi connectivity index (χ4v) is 2.09. The molecule has 0 aromatic carbocycles. The van der Waals surface area contributed by atoms with Crippen LogP contribution in [-0.2, 0) is 13.0 Å². The molecule has 0 saturated carbocycles. The predicted octanol–water partition coefficient (Wildman–Crippen LogP) is 1.19. The summed E-state index contributed by atoms with van der Waals surface area (Å²) in [7, 11) is 0. The van der Waals surface area contributed by atoms with E-state index in [-0.39, 0.29) is 5.56 Å². The fourth-order valence-electron chi connectivity index (χ4n) is 1.64. The van der Waals surface area contributed by atoms with Crippen LogP contribution in [-0.4, -0.2) is 31.5 Å². The highest BCUT2D eigenvalue weighted by Gasteiger charge is 2.07. The molecule has 2 aromatic heterocycles. The molecule has 0 aliphatic heterocycles. The maximum atomic E-state index is 11.8. The summed E-state index contributed by atoms with van der Waals surface area (Å²) >= 11 is 3.30. The Balaban J connectivity index is 1.89. The van der Waals surface area contributed by atoms with Gasteiger partial charge >= 0.3 is 0 Å². The lowest BCUT2D eigenvalue weighted by molar-refractivity contribution is 0.612. The Morgan fingerprint density at radius 2 is 2.37 bits per heavy atom. The lowest BCUT2D eigenvalue weighted by atomic mass is 10.3. The van der Waals surface area contributed by atoms with Crippen LogP contribution < -0.4 is 10.9 Å². The molecule has 0 radical (unpaired) electrons. The van der Waals surface area contributed by atoms with E-state index in [1.54, 1.807) is 6.20 Å². The second-order valence-electron chi connectivity index (χ2n) is 3.96. The van der Waals surface area contributed by atoms with Crippen LogP contribution in [0.25, 0.3) is 0 Å². The van der Waals surface area contributed by atoms with Crippen LogP contribution in [0.15, 0.2) is 21.8 Å². The number of hydrogen-bond donors (Lipinski definition) is 2. The number of hydrogen-bond acceptors (Lipinski definition) is 5. The molecule has 2 heterocycles. The topological polar surface area (TPSA) is 88.5 Å². The first-order valence-corrected chi connectivity index (χ1v) is 6.85. The van der Waals surface area contributed by atoms with Crippen molar-refractivity contribution in [3.05, 3.63) is 33.2 Å². The Bertz CT molecular complexity index is 579. The number of halogens is 1. The monoisotopic (exact) mass is 326 g/mol. The summed E-state index contributed by atoms with van der Waals surface area (Å²) < 4.78 is 1.92. The van der Waals surface area contributed by atoms with Crippen LogP contribution in [0, 0.1) is 0 Å². The molecule has 0 bridgehead atoms. The van der Waals surface area contributed by atoms with Crippen molar-refractivity contribution >= 4 is 21.6 Å². The minimum absolute atomic E-state index is 0.122. The molecule has 102 valence electrons. The van der Waals surface area contributed by atoms with Crippen molar-refractivity contribution in [3.8, 4) is 0 Å². The summed E-state index contributed by atoms with van der Waals surface area (Å²) in [6, 6.07) is 0. The lowest BCUT2D eigenvalue weighted by Crippen LogP contribution is -2.23. The molecule has 7 nitrogen and oxygen atoms in total. The van der Waals surface area contributed by atoms with Crippen LogP contribution in [0.4, 0.5) is 5.69 Å². The number of H-pyrrole nitrogens is 1. The highest BCUT2D eigenvalue weighted by atomic mass is 79.9. The normalized spacial score (nSPS) is 10.6. The highest BCUT2D eigenvalue weighted by molar-refractivity contribution is 9.10. The fraction of sp³-hybridized carbons (Fsp3) is 0.455. The minimum atomic E-state index is -0.122. The van der Waals surface area contributed by atoms with Gasteiger partial charge in [-0.1, -0.05) is 0 Å². The molecule has 0 spiro atoms. The first-order valence-electron chi connectivity index (χ1n) is 6.06. The largest absolute Gasteiger partial charge is 0.383 e. The van der Waals surface area contributed by atoms with E-state index >= 15 is 0 Å². The Labute approximate surface area is 118 Å². The van der Waals surface area contributed by atoms with Crippen LogP contribution in [0.3, 0.4) is 0 Å². The third-order valence-corrected chi connectivity index (χ3v) is 3.42. The molecule has 0 amide bonds. The maximum absolute atomic E-state index is 11.8. The summed E-state index contributed by atoms with van der Waals surface area (Å²) in [6.07, 6.45) is 4.85. The zero-order valence-electron chi connectivity index (χ0n) is 10.6. The molecule has 2 rings (SSSR count). The third-order valence-electron chi connectivity index (χ3n) is 2.66. The van der Waals surface area contributed by atoms with E-state index in [4.69, 9.17) is 0 Å². The molecule has 0 aliphatic rings. The van der Waals surface area contributed by atoms with Crippen molar-refractivity contribution < 1.29 is 0 Å². The zero-order chi connectivity index (χ0) is 13.7. The van der Waals surface area contributed by atoms with Crippen molar-refractivity contribution in [2.45, 2.75) is 26.3 Å². The lowest BCUT2D eigenvalue weighted by Gasteiger charge is -2.08. The molecule has 0 aliphatic carbocycles. The minimum Gasteiger partial charge on any atom is -0.383 e. The van der Waals surface area contributed by atoms with Gasteiger partial charge in [0.2, 0.25) is 0 Å². The van der Waals surface area contributed by atoms with Gasteiger partial charge in [-0.2, -0.15) is 10.2 Å². The van der Waals surface area contributed by atoms with E-state index in [0.29, 0.717) is 16.7 Å². The van der Waals surface area contributed by atoms with Crippen molar-refractivity contribution in [2.24, 2.45) is 0 Å². The summed E-state index contributed by atoms with van der Waals surface area (Å²) in [5.41, 5.74) is 0.593. The zero-order valence-corrected chi connectivity index (χ0v) is 12.1. The van der Waals surface area contributed by atoms with Gasteiger partial charge in [-0.15, -0.1) is 0 Å². The number of rotatable bonds is 6. The van der Waals surface area contributed by atoms with Crippen molar-refractivity contribution in [1.29, 1.82) is 0 Å². The molecular weight excluding hydrogens is 312 g/mol. The molecule has 0 atom stereocenters. The maximum Gasteiger partial charge on any atom is 0.283 e. The van der Waals surface area contributed by atoms with Gasteiger partial charge in [0.15, 0.2) is 0 Å². The van der Waals surface area contributed by atoms with Gasteiger partial charge in [-0.25, -0.2) is 9.67 Å². The van der Waals surface area contributed by atoms with E-state index in [9.17, 15) is 4.79 Å². The number of aromatic amines is 1. The quantitative estimate of drug-likeness (QED) is 0.778. The second kappa shape index (κ2) is 6.46. The van der Waals surface area contributed by atoms with Gasteiger partial charge in [0.1, 0.15) is 16.6 Å². The Morgan fingerprint density at radius 3 is 3.05 bits per heavy atom. The molecule has 0 fully saturated rings. The van der Waals surface area contributed by atoms with Gasteiger partial charge < -0.3 is 5.32 Å². The van der Waals surface area contributed by atoms with E-state index in [2.05, 4.69) is 41.5 Å². The summed E-state index contributed by atoms with van der Waals surface area (Å²) in [6.45, 7) is 3.17. The average molecular weight is 327 g/mol. The van der Waals surface area contributed by atoms with Gasteiger partial charge in [-0.3, -0.25) is 9.89 Å². The highest BCUT2D eigenvalue weighted by Crippen LogP contribution is 2.15. The first kappa shape index (κ1) is 13.7. The summed E-state index contributed by atoms with van der Waals surface area (Å²) in [4.78, 5) is 15.9. The molecule has 2 aromatic rings. The van der Waals surface area contributed by atoms with Crippen molar-refractivity contribution in [3.63, 3.8) is 0 Å². The first-order chi connectivity index (χ1) is 9.22. The number of aromatic nitrogens is 5. The summed E-state index contributed by atoms with van der Waals surface area (Å²) in [5.74, 6) is 0.861. The van der Waals surface area contributed by atoms with Crippen LogP contribution in [0.5, 0.6) is 0 Å². The third kappa shape index (κ3) is 3.40. The van der Waals surface area contributed by atoms with Crippen molar-refractivity contribution in [2.75, 3.05) is 11.9 Å². The van der Waals surface area contributed by atoms with Crippen molar-refractivity contribution in [1.82, 2.24) is 25.0 Å². The Hall–Kier alpha value is -1.70. The van der Waals surface area contributed by atoms with Gasteiger partial charge in [0, 0.05) is 19.5 Å². The predicted molar refractivity (Wildman–Crippen MR) is 75.1 cm³/mol.